The van der Waals surface area contributed by atoms with E-state index in [2.05, 4.69) is 42.5 Å². The summed E-state index contributed by atoms with van der Waals surface area (Å²) in [6.45, 7) is 0. The fourth-order valence-corrected chi connectivity index (χ4v) is 4.30. The van der Waals surface area contributed by atoms with E-state index in [0.717, 1.165) is 30.3 Å². The first-order valence-electron chi connectivity index (χ1n) is 9.22. The van der Waals surface area contributed by atoms with E-state index in [-0.39, 0.29) is 20.2 Å². The van der Waals surface area contributed by atoms with Crippen LogP contribution in [-0.4, -0.2) is 11.8 Å². The molecule has 0 fully saturated rings. The molecule has 12 heteroatoms. The number of hydrogen-bond donors (Lipinski definition) is 2. The Balaban J connectivity index is 1.87. The Bertz CT molecular complexity index is 1260. The molecule has 3 aromatic rings. The molecule has 0 aromatic heterocycles. The van der Waals surface area contributed by atoms with E-state index in [1.165, 1.54) is 30.3 Å². The van der Waals surface area contributed by atoms with Crippen molar-refractivity contribution >= 4 is 55.0 Å². The Morgan fingerprint density at radius 1 is 0.706 bits per heavy atom. The van der Waals surface area contributed by atoms with Crippen LogP contribution in [0.3, 0.4) is 0 Å². The quantitative estimate of drug-likeness (QED) is 0.297. The van der Waals surface area contributed by atoms with Gasteiger partial charge in [0, 0.05) is 20.2 Å². The van der Waals surface area contributed by atoms with Crippen LogP contribution >= 0.6 is 31.9 Å². The van der Waals surface area contributed by atoms with E-state index in [4.69, 9.17) is 0 Å². The highest BCUT2D eigenvalue weighted by molar-refractivity contribution is 9.11. The summed E-state index contributed by atoms with van der Waals surface area (Å²) in [5.41, 5.74) is -3.55. The van der Waals surface area contributed by atoms with Crippen molar-refractivity contribution in [2.24, 2.45) is 0 Å². The molecule has 0 spiro atoms. The molecule has 0 aliphatic rings. The molecule has 0 aliphatic heterocycles. The number of alkyl halides is 6. The van der Waals surface area contributed by atoms with Gasteiger partial charge in [-0.25, -0.2) is 0 Å². The molecule has 3 aromatic carbocycles. The average Bonchev–Trinajstić information content (AvgIpc) is 2.74. The van der Waals surface area contributed by atoms with Crippen LogP contribution in [0, 0.1) is 0 Å². The van der Waals surface area contributed by atoms with Gasteiger partial charge in [-0.2, -0.15) is 26.3 Å². The SMILES string of the molecule is O=C(Nc1c(Br)cc(Br)cc1C(F)(F)F)c1cccc(NC(=O)c2ccccc2C(F)(F)F)c1. The van der Waals surface area contributed by atoms with E-state index in [9.17, 15) is 35.9 Å². The molecule has 2 amide bonds. The van der Waals surface area contributed by atoms with Gasteiger partial charge in [0.25, 0.3) is 11.8 Å². The van der Waals surface area contributed by atoms with Gasteiger partial charge in [0.05, 0.1) is 22.4 Å². The van der Waals surface area contributed by atoms with Gasteiger partial charge in [-0.05, 0) is 58.4 Å². The topological polar surface area (TPSA) is 58.2 Å². The van der Waals surface area contributed by atoms with Gasteiger partial charge in [-0.1, -0.05) is 34.1 Å². The van der Waals surface area contributed by atoms with Crippen molar-refractivity contribution in [1.29, 1.82) is 0 Å². The maximum absolute atomic E-state index is 13.4. The largest absolute Gasteiger partial charge is 0.418 e. The Kier molecular flexibility index (Phi) is 7.41. The summed E-state index contributed by atoms with van der Waals surface area (Å²) >= 11 is 5.96. The third kappa shape index (κ3) is 5.98. The second-order valence-corrected chi connectivity index (χ2v) is 8.61. The zero-order valence-corrected chi connectivity index (χ0v) is 19.8. The predicted molar refractivity (Wildman–Crippen MR) is 121 cm³/mol. The maximum Gasteiger partial charge on any atom is 0.418 e. The highest BCUT2D eigenvalue weighted by Crippen LogP contribution is 2.41. The van der Waals surface area contributed by atoms with Crippen molar-refractivity contribution in [2.75, 3.05) is 10.6 Å². The number of benzene rings is 3. The number of anilines is 2. The minimum atomic E-state index is -4.77. The van der Waals surface area contributed by atoms with Crippen LogP contribution in [-0.2, 0) is 12.4 Å². The maximum atomic E-state index is 13.4. The van der Waals surface area contributed by atoms with Crippen LogP contribution in [0.5, 0.6) is 0 Å². The zero-order chi connectivity index (χ0) is 25.3. The molecule has 0 aliphatic carbocycles. The van der Waals surface area contributed by atoms with Crippen molar-refractivity contribution in [3.63, 3.8) is 0 Å². The van der Waals surface area contributed by atoms with Gasteiger partial charge in [-0.15, -0.1) is 0 Å². The first kappa shape index (κ1) is 25.8. The van der Waals surface area contributed by atoms with Crippen LogP contribution in [0.1, 0.15) is 31.8 Å². The summed E-state index contributed by atoms with van der Waals surface area (Å²) in [7, 11) is 0. The van der Waals surface area contributed by atoms with Crippen LogP contribution in [0.15, 0.2) is 69.6 Å². The molecule has 0 saturated heterocycles. The Labute approximate surface area is 205 Å². The zero-order valence-electron chi connectivity index (χ0n) is 16.6. The molecular formula is C22H12Br2F6N2O2. The molecule has 178 valence electrons. The summed E-state index contributed by atoms with van der Waals surface area (Å²) in [5.74, 6) is -2.00. The molecule has 0 atom stereocenters. The van der Waals surface area contributed by atoms with E-state index in [1.54, 1.807) is 0 Å². The second-order valence-electron chi connectivity index (χ2n) is 6.84. The lowest BCUT2D eigenvalue weighted by Crippen LogP contribution is -2.19. The lowest BCUT2D eigenvalue weighted by molar-refractivity contribution is -0.138. The second kappa shape index (κ2) is 9.79. The number of halogens is 8. The van der Waals surface area contributed by atoms with Gasteiger partial charge in [-0.3, -0.25) is 9.59 Å². The summed E-state index contributed by atoms with van der Waals surface area (Å²) in [6, 6.07) is 11.3. The Hall–Kier alpha value is -2.86. The number of rotatable bonds is 4. The third-order valence-corrected chi connectivity index (χ3v) is 5.54. The van der Waals surface area contributed by atoms with Crippen molar-refractivity contribution in [2.45, 2.75) is 12.4 Å². The van der Waals surface area contributed by atoms with Gasteiger partial charge in [0.15, 0.2) is 0 Å². The predicted octanol–water partition coefficient (Wildman–Crippen LogP) is 7.75. The number of carbonyl (C=O) groups excluding carboxylic acids is 2. The van der Waals surface area contributed by atoms with Crippen LogP contribution in [0.25, 0.3) is 0 Å². The van der Waals surface area contributed by atoms with Crippen LogP contribution in [0.4, 0.5) is 37.7 Å². The van der Waals surface area contributed by atoms with E-state index >= 15 is 0 Å². The molecule has 0 radical (unpaired) electrons. The third-order valence-electron chi connectivity index (χ3n) is 4.46. The Morgan fingerprint density at radius 3 is 2.00 bits per heavy atom. The van der Waals surface area contributed by atoms with E-state index in [1.807, 2.05) is 0 Å². The number of hydrogen-bond acceptors (Lipinski definition) is 2. The number of nitrogens with one attached hydrogen (secondary N) is 2. The molecule has 4 nitrogen and oxygen atoms in total. The molecular weight excluding hydrogens is 598 g/mol. The average molecular weight is 610 g/mol. The fourth-order valence-electron chi connectivity index (χ4n) is 2.97. The number of amides is 2. The van der Waals surface area contributed by atoms with Gasteiger partial charge in [0.2, 0.25) is 0 Å². The molecule has 0 saturated carbocycles. The summed E-state index contributed by atoms with van der Waals surface area (Å²) in [6.07, 6.45) is -9.53. The molecule has 34 heavy (non-hydrogen) atoms. The first-order valence-corrected chi connectivity index (χ1v) is 10.8. The van der Waals surface area contributed by atoms with Gasteiger partial charge in [0.1, 0.15) is 0 Å². The van der Waals surface area contributed by atoms with Crippen molar-refractivity contribution in [3.05, 3.63) is 91.9 Å². The van der Waals surface area contributed by atoms with E-state index < -0.39 is 46.5 Å². The normalized spacial score (nSPS) is 11.8. The molecule has 3 rings (SSSR count). The summed E-state index contributed by atoms with van der Waals surface area (Å²) in [4.78, 5) is 25.1. The van der Waals surface area contributed by atoms with Crippen molar-refractivity contribution < 1.29 is 35.9 Å². The minimum Gasteiger partial charge on any atom is -0.322 e. The first-order chi connectivity index (χ1) is 15.8. The Morgan fingerprint density at radius 2 is 1.35 bits per heavy atom. The van der Waals surface area contributed by atoms with Crippen molar-refractivity contribution in [3.8, 4) is 0 Å². The molecule has 2 N–H and O–H groups in total. The standard InChI is InChI=1S/C22H12Br2F6N2O2/c23-12-9-16(22(28,29)30)18(17(24)10-12)32-19(33)11-4-3-5-13(8-11)31-20(34)14-6-1-2-7-15(14)21(25,26)27/h1-10H,(H,31,34)(H,32,33). The lowest BCUT2D eigenvalue weighted by atomic mass is 10.1. The smallest absolute Gasteiger partial charge is 0.322 e. The monoisotopic (exact) mass is 608 g/mol. The molecule has 0 unspecified atom stereocenters. The fraction of sp³-hybridized carbons (Fsp3) is 0.0909. The van der Waals surface area contributed by atoms with Gasteiger partial charge < -0.3 is 10.6 Å². The summed E-state index contributed by atoms with van der Waals surface area (Å²) < 4.78 is 79.9. The molecule has 0 bridgehead atoms. The summed E-state index contributed by atoms with van der Waals surface area (Å²) in [5, 5.41) is 4.45. The minimum absolute atomic E-state index is 0.0273. The van der Waals surface area contributed by atoms with Crippen LogP contribution < -0.4 is 10.6 Å². The lowest BCUT2D eigenvalue weighted by Gasteiger charge is -2.16. The van der Waals surface area contributed by atoms with Gasteiger partial charge >= 0.3 is 12.4 Å². The molecule has 0 heterocycles. The van der Waals surface area contributed by atoms with Crippen LogP contribution in [0.2, 0.25) is 0 Å². The highest BCUT2D eigenvalue weighted by atomic mass is 79.9. The van der Waals surface area contributed by atoms with E-state index in [0.29, 0.717) is 0 Å². The number of carbonyl (C=O) groups is 2. The highest BCUT2D eigenvalue weighted by Gasteiger charge is 2.36. The van der Waals surface area contributed by atoms with Crippen molar-refractivity contribution in [1.82, 2.24) is 0 Å².